The normalized spacial score (nSPS) is 11.6. The zero-order valence-corrected chi connectivity index (χ0v) is 18.2. The molecule has 1 atom stereocenters. The third-order valence-electron chi connectivity index (χ3n) is 4.38. The largest absolute Gasteiger partial charge is 0.481 e. The number of anilines is 1. The van der Waals surface area contributed by atoms with Gasteiger partial charge in [-0.15, -0.1) is 0 Å². The lowest BCUT2D eigenvalue weighted by Crippen LogP contribution is -2.30. The van der Waals surface area contributed by atoms with Crippen molar-refractivity contribution in [2.45, 2.75) is 13.0 Å². The molecule has 4 rings (SSSR count). The van der Waals surface area contributed by atoms with Crippen LogP contribution in [0.2, 0.25) is 5.02 Å². The average molecular weight is 468 g/mol. The van der Waals surface area contributed by atoms with Crippen molar-refractivity contribution in [1.82, 2.24) is 4.98 Å². The van der Waals surface area contributed by atoms with Gasteiger partial charge in [0.2, 0.25) is 0 Å². The summed E-state index contributed by atoms with van der Waals surface area (Å²) in [5.41, 5.74) is 0.957. The highest BCUT2D eigenvalue weighted by Gasteiger charge is 2.17. The Bertz CT molecular complexity index is 1330. The Kier molecular flexibility index (Phi) is 6.21. The lowest BCUT2D eigenvalue weighted by molar-refractivity contribution is -0.122. The molecule has 9 heteroatoms. The molecule has 160 valence electrons. The first-order valence-corrected chi connectivity index (χ1v) is 10.6. The van der Waals surface area contributed by atoms with Gasteiger partial charge in [0.15, 0.2) is 22.8 Å². The predicted molar refractivity (Wildman–Crippen MR) is 121 cm³/mol. The van der Waals surface area contributed by atoms with Crippen molar-refractivity contribution in [1.29, 1.82) is 5.26 Å². The molecule has 0 aliphatic heterocycles. The number of nitrogens with one attached hydrogen (secondary N) is 1. The van der Waals surface area contributed by atoms with Gasteiger partial charge in [-0.2, -0.15) is 5.26 Å². The van der Waals surface area contributed by atoms with Crippen LogP contribution in [-0.4, -0.2) is 17.0 Å². The summed E-state index contributed by atoms with van der Waals surface area (Å²) in [6.07, 6.45) is -0.784. The van der Waals surface area contributed by atoms with E-state index in [1.165, 1.54) is 23.5 Å². The SMILES string of the molecule is CC(Oc1ccc(Oc2ccc(C#N)cc2F)cc1)C(=O)Nc1nc2ccc(Cl)cc2s1. The van der Waals surface area contributed by atoms with Crippen LogP contribution in [0.3, 0.4) is 0 Å². The average Bonchev–Trinajstić information content (AvgIpc) is 3.17. The predicted octanol–water partition coefficient (Wildman–Crippen LogP) is 6.16. The topological polar surface area (TPSA) is 84.2 Å². The number of carbonyl (C=O) groups is 1. The van der Waals surface area contributed by atoms with Crippen LogP contribution in [0.5, 0.6) is 17.2 Å². The highest BCUT2D eigenvalue weighted by atomic mass is 35.5. The molecule has 1 amide bonds. The van der Waals surface area contributed by atoms with Crippen LogP contribution < -0.4 is 14.8 Å². The Morgan fingerprint density at radius 1 is 1.16 bits per heavy atom. The van der Waals surface area contributed by atoms with Gasteiger partial charge in [-0.3, -0.25) is 10.1 Å². The molecule has 1 aromatic heterocycles. The maximum Gasteiger partial charge on any atom is 0.266 e. The van der Waals surface area contributed by atoms with Crippen molar-refractivity contribution in [3.8, 4) is 23.3 Å². The third kappa shape index (κ3) is 4.97. The molecule has 0 fully saturated rings. The Morgan fingerprint density at radius 3 is 2.62 bits per heavy atom. The Hall–Kier alpha value is -3.67. The molecule has 0 aliphatic rings. The maximum absolute atomic E-state index is 14.0. The van der Waals surface area contributed by atoms with Gasteiger partial charge < -0.3 is 9.47 Å². The summed E-state index contributed by atoms with van der Waals surface area (Å²) in [6, 6.07) is 17.6. The van der Waals surface area contributed by atoms with Gasteiger partial charge in [0, 0.05) is 5.02 Å². The minimum Gasteiger partial charge on any atom is -0.481 e. The fraction of sp³-hybridized carbons (Fsp3) is 0.0870. The molecule has 6 nitrogen and oxygen atoms in total. The Labute approximate surface area is 191 Å². The summed E-state index contributed by atoms with van der Waals surface area (Å²) in [5, 5.41) is 12.6. The molecule has 0 spiro atoms. The molecule has 1 unspecified atom stereocenters. The van der Waals surface area contributed by atoms with Gasteiger partial charge in [-0.05, 0) is 67.6 Å². The number of ether oxygens (including phenoxy) is 2. The molecule has 4 aromatic rings. The molecule has 3 aromatic carbocycles. The van der Waals surface area contributed by atoms with Crippen molar-refractivity contribution in [3.63, 3.8) is 0 Å². The minimum absolute atomic E-state index is 0.00235. The third-order valence-corrected chi connectivity index (χ3v) is 5.54. The summed E-state index contributed by atoms with van der Waals surface area (Å²) in [6.45, 7) is 1.62. The van der Waals surface area contributed by atoms with Crippen LogP contribution in [0.4, 0.5) is 9.52 Å². The van der Waals surface area contributed by atoms with E-state index in [1.807, 2.05) is 6.07 Å². The van der Waals surface area contributed by atoms with Crippen LogP contribution in [0.1, 0.15) is 12.5 Å². The number of carbonyl (C=O) groups excluding carboxylic acids is 1. The zero-order chi connectivity index (χ0) is 22.7. The summed E-state index contributed by atoms with van der Waals surface area (Å²) in [7, 11) is 0. The van der Waals surface area contributed by atoms with Gasteiger partial charge in [-0.1, -0.05) is 22.9 Å². The number of fused-ring (bicyclic) bond motifs is 1. The number of nitrogens with zero attached hydrogens (tertiary/aromatic N) is 2. The van der Waals surface area contributed by atoms with Crippen molar-refractivity contribution >= 4 is 44.2 Å². The lowest BCUT2D eigenvalue weighted by Gasteiger charge is -2.14. The van der Waals surface area contributed by atoms with Gasteiger partial charge in [0.05, 0.1) is 21.8 Å². The van der Waals surface area contributed by atoms with E-state index in [0.717, 1.165) is 16.3 Å². The van der Waals surface area contributed by atoms with Crippen LogP contribution in [0.15, 0.2) is 60.7 Å². The van der Waals surface area contributed by atoms with E-state index < -0.39 is 11.9 Å². The molecule has 32 heavy (non-hydrogen) atoms. The summed E-state index contributed by atoms with van der Waals surface area (Å²) in [5.74, 6) is -0.160. The molecule has 0 aliphatic carbocycles. The first-order valence-electron chi connectivity index (χ1n) is 9.42. The van der Waals surface area contributed by atoms with E-state index in [-0.39, 0.29) is 17.2 Å². The number of aromatic nitrogens is 1. The first-order chi connectivity index (χ1) is 15.4. The maximum atomic E-state index is 14.0. The molecule has 1 N–H and O–H groups in total. The summed E-state index contributed by atoms with van der Waals surface area (Å²) in [4.78, 5) is 16.8. The monoisotopic (exact) mass is 467 g/mol. The van der Waals surface area contributed by atoms with E-state index in [1.54, 1.807) is 49.4 Å². The fourth-order valence-electron chi connectivity index (χ4n) is 2.78. The number of thiazole rings is 1. The van der Waals surface area contributed by atoms with Crippen LogP contribution in [-0.2, 0) is 4.79 Å². The summed E-state index contributed by atoms with van der Waals surface area (Å²) < 4.78 is 26.0. The standard InChI is InChI=1S/C23H15ClFN3O3S/c1-13(22(29)28-23-27-19-8-3-15(24)11-21(19)32-23)30-16-4-6-17(7-5-16)31-20-9-2-14(12-26)10-18(20)25/h2-11,13H,1H3,(H,27,28,29). The van der Waals surface area contributed by atoms with Crippen LogP contribution in [0, 0.1) is 17.1 Å². The number of rotatable bonds is 6. The van der Waals surface area contributed by atoms with Crippen molar-refractivity contribution in [3.05, 3.63) is 77.1 Å². The number of hydrogen-bond donors (Lipinski definition) is 1. The minimum atomic E-state index is -0.784. The van der Waals surface area contributed by atoms with Crippen molar-refractivity contribution < 1.29 is 18.7 Å². The fourth-order valence-corrected chi connectivity index (χ4v) is 3.93. The number of nitriles is 1. The van der Waals surface area contributed by atoms with E-state index in [4.69, 9.17) is 26.3 Å². The van der Waals surface area contributed by atoms with Crippen LogP contribution >= 0.6 is 22.9 Å². The van der Waals surface area contributed by atoms with Crippen molar-refractivity contribution in [2.24, 2.45) is 0 Å². The highest BCUT2D eigenvalue weighted by molar-refractivity contribution is 7.22. The van der Waals surface area contributed by atoms with E-state index in [9.17, 15) is 9.18 Å². The van der Waals surface area contributed by atoms with Crippen LogP contribution in [0.25, 0.3) is 10.2 Å². The van der Waals surface area contributed by atoms with Crippen molar-refractivity contribution in [2.75, 3.05) is 5.32 Å². The number of hydrogen-bond acceptors (Lipinski definition) is 6. The van der Waals surface area contributed by atoms with Gasteiger partial charge in [0.25, 0.3) is 5.91 Å². The van der Waals surface area contributed by atoms with Gasteiger partial charge in [-0.25, -0.2) is 9.37 Å². The van der Waals surface area contributed by atoms with E-state index in [2.05, 4.69) is 10.3 Å². The number of halogens is 2. The Morgan fingerprint density at radius 2 is 1.91 bits per heavy atom. The van der Waals surface area contributed by atoms with E-state index >= 15 is 0 Å². The molecular weight excluding hydrogens is 453 g/mol. The zero-order valence-electron chi connectivity index (χ0n) is 16.6. The second kappa shape index (κ2) is 9.22. The van der Waals surface area contributed by atoms with Gasteiger partial charge >= 0.3 is 0 Å². The highest BCUT2D eigenvalue weighted by Crippen LogP contribution is 2.29. The molecule has 0 bridgehead atoms. The molecule has 0 saturated heterocycles. The lowest BCUT2D eigenvalue weighted by atomic mass is 10.2. The smallest absolute Gasteiger partial charge is 0.266 e. The number of amides is 1. The Balaban J connectivity index is 1.37. The quantitative estimate of drug-likeness (QED) is 0.367. The second-order valence-electron chi connectivity index (χ2n) is 6.71. The molecule has 1 heterocycles. The first kappa shape index (κ1) is 21.6. The number of benzene rings is 3. The van der Waals surface area contributed by atoms with Gasteiger partial charge in [0.1, 0.15) is 11.5 Å². The molecular formula is C23H15ClFN3O3S. The van der Waals surface area contributed by atoms with E-state index in [0.29, 0.717) is 21.7 Å². The molecule has 0 saturated carbocycles. The second-order valence-corrected chi connectivity index (χ2v) is 8.18. The summed E-state index contributed by atoms with van der Waals surface area (Å²) >= 11 is 7.30. The molecule has 0 radical (unpaired) electrons.